The Labute approximate surface area is 88.2 Å². The molecule has 2 rings (SSSR count). The van der Waals surface area contributed by atoms with Crippen LogP contribution in [0.15, 0.2) is 16.8 Å². The third-order valence-corrected chi connectivity index (χ3v) is 2.73. The number of amides is 1. The number of rotatable bonds is 3. The van der Waals surface area contributed by atoms with Gasteiger partial charge < -0.3 is 9.84 Å². The Kier molecular flexibility index (Phi) is 2.48. The fourth-order valence-corrected chi connectivity index (χ4v) is 1.78. The van der Waals surface area contributed by atoms with Crippen molar-refractivity contribution in [2.45, 2.75) is 26.4 Å². The summed E-state index contributed by atoms with van der Waals surface area (Å²) in [7, 11) is 0. The molecule has 0 aromatic carbocycles. The highest BCUT2D eigenvalue weighted by Gasteiger charge is 2.40. The van der Waals surface area contributed by atoms with Crippen LogP contribution in [-0.2, 0) is 11.3 Å². The summed E-state index contributed by atoms with van der Waals surface area (Å²) in [6.07, 6.45) is 1.59. The number of hydrogen-bond donors (Lipinski definition) is 2. The third kappa shape index (κ3) is 2.02. The van der Waals surface area contributed by atoms with E-state index in [0.717, 1.165) is 5.76 Å². The molecular formula is C10H15N3O2. The van der Waals surface area contributed by atoms with Gasteiger partial charge in [-0.15, -0.1) is 0 Å². The minimum absolute atomic E-state index is 0.0551. The first-order valence-electron chi connectivity index (χ1n) is 5.00. The second-order valence-electron chi connectivity index (χ2n) is 4.50. The number of nitrogens with zero attached hydrogens (tertiary/aromatic N) is 1. The molecule has 1 amide bonds. The van der Waals surface area contributed by atoms with E-state index in [4.69, 9.17) is 4.52 Å². The van der Waals surface area contributed by atoms with Gasteiger partial charge in [-0.1, -0.05) is 19.0 Å². The Morgan fingerprint density at radius 3 is 3.07 bits per heavy atom. The van der Waals surface area contributed by atoms with Gasteiger partial charge in [0.25, 0.3) is 0 Å². The Bertz CT molecular complexity index is 346. The monoisotopic (exact) mass is 209 g/mol. The lowest BCUT2D eigenvalue weighted by Gasteiger charge is -2.23. The van der Waals surface area contributed by atoms with Gasteiger partial charge in [-0.3, -0.25) is 10.1 Å². The standard InChI is InChI=1S/C10H15N3O2/c1-10(2)6-12-9(14)8(10)11-5-7-3-4-13-15-7/h3-4,8,11H,5-6H2,1-2H3,(H,12,14). The van der Waals surface area contributed by atoms with Crippen LogP contribution in [0, 0.1) is 5.41 Å². The molecule has 5 heteroatoms. The Morgan fingerprint density at radius 1 is 1.73 bits per heavy atom. The highest BCUT2D eigenvalue weighted by molar-refractivity contribution is 5.85. The zero-order chi connectivity index (χ0) is 10.9. The second kappa shape index (κ2) is 3.66. The van der Waals surface area contributed by atoms with E-state index in [9.17, 15) is 4.79 Å². The molecule has 15 heavy (non-hydrogen) atoms. The molecule has 1 aliphatic heterocycles. The largest absolute Gasteiger partial charge is 0.360 e. The first-order chi connectivity index (χ1) is 7.09. The van der Waals surface area contributed by atoms with Crippen LogP contribution in [0.5, 0.6) is 0 Å². The average molecular weight is 209 g/mol. The van der Waals surface area contributed by atoms with Crippen LogP contribution < -0.4 is 10.6 Å². The Morgan fingerprint density at radius 2 is 2.53 bits per heavy atom. The molecule has 1 atom stereocenters. The normalized spacial score (nSPS) is 24.1. The van der Waals surface area contributed by atoms with Crippen molar-refractivity contribution in [2.75, 3.05) is 6.54 Å². The van der Waals surface area contributed by atoms with Crippen molar-refractivity contribution in [3.05, 3.63) is 18.0 Å². The van der Waals surface area contributed by atoms with Crippen LogP contribution in [0.3, 0.4) is 0 Å². The molecule has 0 saturated carbocycles. The van der Waals surface area contributed by atoms with E-state index in [1.54, 1.807) is 12.3 Å². The van der Waals surface area contributed by atoms with Crippen molar-refractivity contribution in [2.24, 2.45) is 5.41 Å². The van der Waals surface area contributed by atoms with E-state index in [1.807, 2.05) is 0 Å². The molecule has 1 aliphatic rings. The number of aromatic nitrogens is 1. The highest BCUT2D eigenvalue weighted by Crippen LogP contribution is 2.24. The van der Waals surface area contributed by atoms with Gasteiger partial charge in [-0.25, -0.2) is 0 Å². The van der Waals surface area contributed by atoms with Crippen LogP contribution in [0.25, 0.3) is 0 Å². The van der Waals surface area contributed by atoms with E-state index >= 15 is 0 Å². The average Bonchev–Trinajstić information content (AvgIpc) is 2.74. The van der Waals surface area contributed by atoms with E-state index < -0.39 is 0 Å². The summed E-state index contributed by atoms with van der Waals surface area (Å²) in [5, 5.41) is 9.63. The summed E-state index contributed by atoms with van der Waals surface area (Å²) in [5.41, 5.74) is -0.0584. The van der Waals surface area contributed by atoms with Crippen LogP contribution >= 0.6 is 0 Å². The number of hydrogen-bond acceptors (Lipinski definition) is 4. The number of carbonyl (C=O) groups is 1. The summed E-state index contributed by atoms with van der Waals surface area (Å²) in [5.74, 6) is 0.796. The van der Waals surface area contributed by atoms with Gasteiger partial charge in [0, 0.05) is 18.0 Å². The lowest BCUT2D eigenvalue weighted by molar-refractivity contribution is -0.121. The molecule has 1 aromatic heterocycles. The first-order valence-corrected chi connectivity index (χ1v) is 5.00. The topological polar surface area (TPSA) is 67.2 Å². The minimum Gasteiger partial charge on any atom is -0.360 e. The molecule has 0 spiro atoms. The molecule has 1 unspecified atom stereocenters. The summed E-state index contributed by atoms with van der Waals surface area (Å²) >= 11 is 0. The van der Waals surface area contributed by atoms with Crippen molar-refractivity contribution in [1.29, 1.82) is 0 Å². The van der Waals surface area contributed by atoms with E-state index in [1.165, 1.54) is 0 Å². The fraction of sp³-hybridized carbons (Fsp3) is 0.600. The molecule has 5 nitrogen and oxygen atoms in total. The lowest BCUT2D eigenvalue weighted by Crippen LogP contribution is -2.43. The zero-order valence-electron chi connectivity index (χ0n) is 8.91. The first kappa shape index (κ1) is 10.2. The van der Waals surface area contributed by atoms with Crippen molar-refractivity contribution < 1.29 is 9.32 Å². The van der Waals surface area contributed by atoms with Gasteiger partial charge in [0.05, 0.1) is 18.8 Å². The van der Waals surface area contributed by atoms with Gasteiger partial charge in [-0.05, 0) is 0 Å². The third-order valence-electron chi connectivity index (χ3n) is 2.73. The fourth-order valence-electron chi connectivity index (χ4n) is 1.78. The van der Waals surface area contributed by atoms with Gasteiger partial charge >= 0.3 is 0 Å². The zero-order valence-corrected chi connectivity index (χ0v) is 8.91. The summed E-state index contributed by atoms with van der Waals surface area (Å²) < 4.78 is 4.95. The van der Waals surface area contributed by atoms with Gasteiger partial charge in [0.2, 0.25) is 5.91 Å². The molecule has 82 valence electrons. The summed E-state index contributed by atoms with van der Waals surface area (Å²) in [4.78, 5) is 11.5. The molecule has 0 bridgehead atoms. The smallest absolute Gasteiger partial charge is 0.237 e. The van der Waals surface area contributed by atoms with Crippen molar-refractivity contribution in [3.63, 3.8) is 0 Å². The molecular weight excluding hydrogens is 194 g/mol. The van der Waals surface area contributed by atoms with Crippen LogP contribution in [-0.4, -0.2) is 23.7 Å². The SMILES string of the molecule is CC1(C)CNC(=O)C1NCc1ccno1. The molecule has 1 saturated heterocycles. The second-order valence-corrected chi connectivity index (χ2v) is 4.50. The lowest BCUT2D eigenvalue weighted by atomic mass is 9.87. The Hall–Kier alpha value is -1.36. The molecule has 0 radical (unpaired) electrons. The van der Waals surface area contributed by atoms with E-state index in [0.29, 0.717) is 13.1 Å². The molecule has 2 N–H and O–H groups in total. The van der Waals surface area contributed by atoms with Crippen LogP contribution in [0.2, 0.25) is 0 Å². The highest BCUT2D eigenvalue weighted by atomic mass is 16.5. The molecule has 0 aliphatic carbocycles. The van der Waals surface area contributed by atoms with Gasteiger partial charge in [0.1, 0.15) is 5.76 Å². The maximum Gasteiger partial charge on any atom is 0.237 e. The van der Waals surface area contributed by atoms with Gasteiger partial charge in [0.15, 0.2) is 0 Å². The summed E-state index contributed by atoms with van der Waals surface area (Å²) in [6, 6.07) is 1.62. The van der Waals surface area contributed by atoms with Crippen molar-refractivity contribution in [1.82, 2.24) is 15.8 Å². The molecule has 1 aromatic rings. The minimum atomic E-state index is -0.164. The van der Waals surface area contributed by atoms with E-state index in [2.05, 4.69) is 29.6 Å². The van der Waals surface area contributed by atoms with Crippen LogP contribution in [0.1, 0.15) is 19.6 Å². The van der Waals surface area contributed by atoms with Crippen molar-refractivity contribution >= 4 is 5.91 Å². The molecule has 1 fully saturated rings. The quantitative estimate of drug-likeness (QED) is 0.750. The van der Waals surface area contributed by atoms with Crippen molar-refractivity contribution in [3.8, 4) is 0 Å². The maximum absolute atomic E-state index is 11.5. The molecule has 2 heterocycles. The number of nitrogens with one attached hydrogen (secondary N) is 2. The van der Waals surface area contributed by atoms with Crippen LogP contribution in [0.4, 0.5) is 0 Å². The maximum atomic E-state index is 11.5. The number of carbonyl (C=O) groups excluding carboxylic acids is 1. The van der Waals surface area contributed by atoms with Gasteiger partial charge in [-0.2, -0.15) is 0 Å². The Balaban J connectivity index is 1.96. The predicted octanol–water partition coefficient (Wildman–Crippen LogP) is 0.289. The predicted molar refractivity (Wildman–Crippen MR) is 53.9 cm³/mol. The van der Waals surface area contributed by atoms with E-state index in [-0.39, 0.29) is 17.4 Å². The summed E-state index contributed by atoms with van der Waals surface area (Å²) in [6.45, 7) is 5.35.